The van der Waals surface area contributed by atoms with Crippen molar-refractivity contribution in [2.24, 2.45) is 5.92 Å². The number of allylic oxidation sites excluding steroid dienone is 1. The van der Waals surface area contributed by atoms with Gasteiger partial charge in [-0.1, -0.05) is 19.3 Å². The second-order valence-corrected chi connectivity index (χ2v) is 6.89. The highest BCUT2D eigenvalue weighted by Crippen LogP contribution is 2.29. The van der Waals surface area contributed by atoms with Crippen LogP contribution in [0.1, 0.15) is 32.1 Å². The second-order valence-electron chi connectivity index (χ2n) is 5.52. The first-order valence-electron chi connectivity index (χ1n) is 7.31. The molecular formula is C13H15F6NO5S. The van der Waals surface area contributed by atoms with Crippen molar-refractivity contribution in [2.75, 3.05) is 0 Å². The summed E-state index contributed by atoms with van der Waals surface area (Å²) in [7, 11) is -6.09. The van der Waals surface area contributed by atoms with E-state index in [1.165, 1.54) is 0 Å². The Kier molecular flexibility index (Phi) is 7.24. The molecule has 6 nitrogen and oxygen atoms in total. The molecule has 0 aromatic heterocycles. The summed E-state index contributed by atoms with van der Waals surface area (Å²) in [6, 6.07) is 0. The lowest BCUT2D eigenvalue weighted by Gasteiger charge is -2.21. The van der Waals surface area contributed by atoms with Gasteiger partial charge in [0.2, 0.25) is 0 Å². The molecule has 0 bridgehead atoms. The Morgan fingerprint density at radius 3 is 2.12 bits per heavy atom. The van der Waals surface area contributed by atoms with Crippen LogP contribution in [0, 0.1) is 5.92 Å². The smallest absolute Gasteiger partial charge is 0.485 e. The number of carbonyl (C=O) groups excluding carboxylic acids is 1. The van der Waals surface area contributed by atoms with Crippen molar-refractivity contribution >= 4 is 16.1 Å². The minimum Gasteiger partial charge on any atom is -0.741 e. The Balaban J connectivity index is 0.000000359. The number of alkyl halides is 4. The van der Waals surface area contributed by atoms with E-state index in [9.17, 15) is 31.3 Å². The minimum atomic E-state index is -6.09. The van der Waals surface area contributed by atoms with Gasteiger partial charge in [0, 0.05) is 6.08 Å². The van der Waals surface area contributed by atoms with Gasteiger partial charge in [0.05, 0.1) is 21.0 Å². The number of ether oxygens (including phenoxy) is 1. The maximum Gasteiger partial charge on any atom is 0.485 e. The highest BCUT2D eigenvalue weighted by atomic mass is 32.2. The van der Waals surface area contributed by atoms with E-state index in [1.807, 2.05) is 0 Å². The molecule has 1 heterocycles. The number of rotatable bonds is 2. The van der Waals surface area contributed by atoms with E-state index in [0.717, 1.165) is 38.2 Å². The van der Waals surface area contributed by atoms with Gasteiger partial charge in [-0.3, -0.25) is 4.79 Å². The third-order valence-corrected chi connectivity index (χ3v) is 4.08. The number of hydrogen-bond donors (Lipinski definition) is 0. The Morgan fingerprint density at radius 2 is 1.69 bits per heavy atom. The van der Waals surface area contributed by atoms with Gasteiger partial charge in [0.25, 0.3) is 0 Å². The fourth-order valence-corrected chi connectivity index (χ4v) is 2.15. The van der Waals surface area contributed by atoms with Crippen LogP contribution < -0.4 is 0 Å². The van der Waals surface area contributed by atoms with E-state index >= 15 is 0 Å². The molecule has 0 amide bonds. The van der Waals surface area contributed by atoms with Crippen LogP contribution in [0.25, 0.3) is 0 Å². The van der Waals surface area contributed by atoms with E-state index in [4.69, 9.17) is 17.7 Å². The van der Waals surface area contributed by atoms with Crippen LogP contribution in [0.5, 0.6) is 0 Å². The van der Waals surface area contributed by atoms with Gasteiger partial charge >= 0.3 is 17.8 Å². The van der Waals surface area contributed by atoms with Gasteiger partial charge in [-0.2, -0.15) is 17.6 Å². The minimum absolute atomic E-state index is 0.137. The zero-order valence-electron chi connectivity index (χ0n) is 13.1. The number of nitrogens with zero attached hydrogens (tertiary/aromatic N) is 1. The highest BCUT2D eigenvalue weighted by molar-refractivity contribution is 7.86. The van der Waals surface area contributed by atoms with Crippen LogP contribution in [-0.4, -0.2) is 35.7 Å². The maximum absolute atomic E-state index is 13.0. The Hall–Kier alpha value is -1.60. The summed E-state index contributed by atoms with van der Waals surface area (Å²) in [6.45, 7) is 0. The molecule has 1 aliphatic heterocycles. The summed E-state index contributed by atoms with van der Waals surface area (Å²) in [5.41, 5.74) is -5.65. The molecule has 2 rings (SSSR count). The molecule has 0 spiro atoms. The average Bonchev–Trinajstić information content (AvgIpc) is 2.51. The molecule has 2 aliphatic rings. The molecular weight excluding hydrogens is 396 g/mol. The van der Waals surface area contributed by atoms with E-state index in [0.29, 0.717) is 12.3 Å². The first kappa shape index (κ1) is 22.4. The molecule has 0 aromatic carbocycles. The van der Waals surface area contributed by atoms with Crippen LogP contribution in [0.2, 0.25) is 0 Å². The average molecular weight is 411 g/mol. The van der Waals surface area contributed by atoms with Gasteiger partial charge in [-0.15, -0.1) is 0 Å². The molecule has 1 aliphatic carbocycles. The standard InChI is InChI=1S/C12H15F3NO2.CHF3O3S/c13-11-8-10(6-7-16(11,14)15)18-12(17)9-4-2-1-3-5-9;2-1(3,4)8(5,6)7/h6-9,11H,1-5H2;(H,5,6,7)/q+1;/p-1. The Labute approximate surface area is 144 Å². The molecule has 0 N–H and O–H groups in total. The van der Waals surface area contributed by atoms with Crippen LogP contribution in [-0.2, 0) is 19.6 Å². The molecule has 150 valence electrons. The fraction of sp³-hybridized carbons (Fsp3) is 0.615. The van der Waals surface area contributed by atoms with Crippen molar-refractivity contribution in [3.8, 4) is 0 Å². The summed E-state index contributed by atoms with van der Waals surface area (Å²) in [4.78, 5) is 8.85. The van der Waals surface area contributed by atoms with E-state index in [1.54, 1.807) is 0 Å². The second kappa shape index (κ2) is 8.39. The number of quaternary nitrogens is 1. The summed E-state index contributed by atoms with van der Waals surface area (Å²) >= 11 is 0. The zero-order valence-corrected chi connectivity index (χ0v) is 13.9. The number of halogens is 6. The van der Waals surface area contributed by atoms with Crippen LogP contribution >= 0.6 is 0 Å². The van der Waals surface area contributed by atoms with Crippen molar-refractivity contribution in [3.05, 3.63) is 24.1 Å². The number of carbonyl (C=O) groups is 1. The Bertz CT molecular complexity index is 667. The third kappa shape index (κ3) is 6.61. The molecule has 1 fully saturated rings. The van der Waals surface area contributed by atoms with E-state index in [-0.39, 0.29) is 11.7 Å². The molecule has 1 atom stereocenters. The van der Waals surface area contributed by atoms with Gasteiger partial charge in [-0.05, 0) is 12.8 Å². The third-order valence-electron chi connectivity index (χ3n) is 3.51. The highest BCUT2D eigenvalue weighted by Gasteiger charge is 2.42. The van der Waals surface area contributed by atoms with E-state index in [2.05, 4.69) is 0 Å². The first-order valence-corrected chi connectivity index (χ1v) is 8.71. The lowest BCUT2D eigenvalue weighted by Crippen LogP contribution is -2.34. The summed E-state index contributed by atoms with van der Waals surface area (Å²) in [5, 5.41) is 0. The predicted octanol–water partition coefficient (Wildman–Crippen LogP) is 3.45. The molecule has 1 saturated carbocycles. The van der Waals surface area contributed by atoms with Crippen molar-refractivity contribution in [2.45, 2.75) is 43.9 Å². The topological polar surface area (TPSA) is 83.5 Å². The Morgan fingerprint density at radius 1 is 1.19 bits per heavy atom. The molecule has 26 heavy (non-hydrogen) atoms. The van der Waals surface area contributed by atoms with Crippen molar-refractivity contribution in [3.63, 3.8) is 0 Å². The summed E-state index contributed by atoms with van der Waals surface area (Å²) in [6.07, 6.45) is 3.96. The summed E-state index contributed by atoms with van der Waals surface area (Å²) in [5.74, 6) is -0.777. The van der Waals surface area contributed by atoms with Crippen molar-refractivity contribution < 1.29 is 54.0 Å². The lowest BCUT2D eigenvalue weighted by molar-refractivity contribution is -1.15. The normalized spacial score (nSPS) is 23.5. The summed E-state index contributed by atoms with van der Waals surface area (Å²) < 4.78 is 102. The zero-order chi connectivity index (χ0) is 20.2. The molecule has 1 unspecified atom stereocenters. The van der Waals surface area contributed by atoms with Gasteiger partial charge in [0.1, 0.15) is 10.7 Å². The lowest BCUT2D eigenvalue weighted by atomic mass is 9.89. The monoisotopic (exact) mass is 411 g/mol. The molecule has 0 saturated heterocycles. The van der Waals surface area contributed by atoms with E-state index < -0.39 is 32.8 Å². The van der Waals surface area contributed by atoms with Crippen LogP contribution in [0.4, 0.5) is 26.5 Å². The van der Waals surface area contributed by atoms with Crippen LogP contribution in [0.3, 0.4) is 0 Å². The van der Waals surface area contributed by atoms with Gasteiger partial charge in [-0.25, -0.2) is 8.42 Å². The molecule has 0 radical (unpaired) electrons. The van der Waals surface area contributed by atoms with Crippen molar-refractivity contribution in [1.29, 1.82) is 0 Å². The van der Waals surface area contributed by atoms with Crippen molar-refractivity contribution in [1.82, 2.24) is 0 Å². The number of esters is 1. The fourth-order valence-electron chi connectivity index (χ4n) is 2.15. The van der Waals surface area contributed by atoms with Crippen LogP contribution in [0.15, 0.2) is 24.1 Å². The quantitative estimate of drug-likeness (QED) is 0.174. The largest absolute Gasteiger partial charge is 0.741 e. The number of hydrogen-bond acceptors (Lipinski definition) is 5. The maximum atomic E-state index is 13.0. The predicted molar refractivity (Wildman–Crippen MR) is 73.0 cm³/mol. The SMILES string of the molecule is O=C(OC1=CC(F)[N+](F)(F)C=C1)C1CCCCC1.O=S(=O)([O-])C(F)(F)F. The first-order chi connectivity index (χ1) is 11.7. The molecule has 13 heteroatoms. The van der Waals surface area contributed by atoms with Gasteiger partial charge < -0.3 is 9.29 Å². The molecule has 0 aromatic rings. The van der Waals surface area contributed by atoms with Gasteiger partial charge in [0.15, 0.2) is 16.3 Å².